The number of hydrogen-bond donors (Lipinski definition) is 1. The molecule has 0 bridgehead atoms. The minimum atomic E-state index is 0.0967. The molecular weight excluding hydrogens is 156 g/mol. The van der Waals surface area contributed by atoms with Gasteiger partial charge in [-0.3, -0.25) is 0 Å². The van der Waals surface area contributed by atoms with Gasteiger partial charge in [0.15, 0.2) is 0 Å². The van der Waals surface area contributed by atoms with Crippen LogP contribution in [0.4, 0.5) is 0 Å². The first-order valence-electron chi connectivity index (χ1n) is 4.07. The molecule has 1 aromatic rings. The summed E-state index contributed by atoms with van der Waals surface area (Å²) in [6, 6.07) is 0. The molecule has 0 aromatic carbocycles. The Morgan fingerprint density at radius 2 is 2.58 bits per heavy atom. The third kappa shape index (κ3) is 1.18. The minimum absolute atomic E-state index is 0.0967. The maximum absolute atomic E-state index is 9.12. The quantitative estimate of drug-likeness (QED) is 0.669. The molecule has 0 aliphatic carbocycles. The molecule has 1 saturated heterocycles. The number of aromatic nitrogens is 2. The lowest BCUT2D eigenvalue weighted by molar-refractivity contribution is 0.193. The highest BCUT2D eigenvalue weighted by Gasteiger charge is 2.22. The SMILES string of the molecule is Cn1cc(O)nc1C1CCOC1. The van der Waals surface area contributed by atoms with Crippen molar-refractivity contribution in [1.29, 1.82) is 0 Å². The summed E-state index contributed by atoms with van der Waals surface area (Å²) in [5.74, 6) is 1.38. The highest BCUT2D eigenvalue weighted by atomic mass is 16.5. The second kappa shape index (κ2) is 2.79. The molecule has 2 rings (SSSR count). The molecule has 1 atom stereocenters. The van der Waals surface area contributed by atoms with Crippen LogP contribution < -0.4 is 0 Å². The Balaban J connectivity index is 2.25. The van der Waals surface area contributed by atoms with Crippen LogP contribution in [0.3, 0.4) is 0 Å². The van der Waals surface area contributed by atoms with Gasteiger partial charge in [-0.25, -0.2) is 0 Å². The maximum atomic E-state index is 9.12. The number of rotatable bonds is 1. The first kappa shape index (κ1) is 7.61. The van der Waals surface area contributed by atoms with Crippen LogP contribution in [-0.4, -0.2) is 27.9 Å². The van der Waals surface area contributed by atoms with E-state index in [-0.39, 0.29) is 5.88 Å². The van der Waals surface area contributed by atoms with Gasteiger partial charge in [0.05, 0.1) is 12.8 Å². The summed E-state index contributed by atoms with van der Waals surface area (Å²) < 4.78 is 7.10. The molecular formula is C8H12N2O2. The first-order valence-corrected chi connectivity index (χ1v) is 4.07. The van der Waals surface area contributed by atoms with Crippen molar-refractivity contribution in [3.63, 3.8) is 0 Å². The molecule has 1 fully saturated rings. The monoisotopic (exact) mass is 168 g/mol. The van der Waals surface area contributed by atoms with Crippen molar-refractivity contribution >= 4 is 0 Å². The molecule has 12 heavy (non-hydrogen) atoms. The van der Waals surface area contributed by atoms with Crippen LogP contribution >= 0.6 is 0 Å². The third-order valence-electron chi connectivity index (χ3n) is 2.19. The van der Waals surface area contributed by atoms with Gasteiger partial charge in [0.25, 0.3) is 0 Å². The van der Waals surface area contributed by atoms with Gasteiger partial charge in [0, 0.05) is 19.6 Å². The van der Waals surface area contributed by atoms with Crippen molar-refractivity contribution in [1.82, 2.24) is 9.55 Å². The second-order valence-corrected chi connectivity index (χ2v) is 3.13. The number of nitrogens with zero attached hydrogens (tertiary/aromatic N) is 2. The summed E-state index contributed by atoms with van der Waals surface area (Å²) in [5, 5.41) is 9.12. The van der Waals surface area contributed by atoms with Crippen LogP contribution in [0.2, 0.25) is 0 Å². The predicted molar refractivity (Wildman–Crippen MR) is 43.0 cm³/mol. The third-order valence-corrected chi connectivity index (χ3v) is 2.19. The number of aryl methyl sites for hydroxylation is 1. The van der Waals surface area contributed by atoms with Gasteiger partial charge in [-0.1, -0.05) is 0 Å². The molecule has 66 valence electrons. The van der Waals surface area contributed by atoms with Crippen LogP contribution in [0, 0.1) is 0 Å². The van der Waals surface area contributed by atoms with Crippen molar-refractivity contribution in [3.8, 4) is 5.88 Å². The Bertz CT molecular complexity index is 277. The van der Waals surface area contributed by atoms with Crippen molar-refractivity contribution in [2.75, 3.05) is 13.2 Å². The molecule has 1 N–H and O–H groups in total. The second-order valence-electron chi connectivity index (χ2n) is 3.13. The van der Waals surface area contributed by atoms with Crippen molar-refractivity contribution < 1.29 is 9.84 Å². The van der Waals surface area contributed by atoms with E-state index in [0.29, 0.717) is 5.92 Å². The zero-order valence-electron chi connectivity index (χ0n) is 7.03. The van der Waals surface area contributed by atoms with Crippen LogP contribution in [0.1, 0.15) is 18.2 Å². The van der Waals surface area contributed by atoms with Gasteiger partial charge >= 0.3 is 0 Å². The van der Waals surface area contributed by atoms with E-state index in [1.807, 2.05) is 11.6 Å². The predicted octanol–water partition coefficient (Wildman–Crippen LogP) is 0.630. The van der Waals surface area contributed by atoms with E-state index in [1.165, 1.54) is 0 Å². The van der Waals surface area contributed by atoms with Crippen LogP contribution in [0.5, 0.6) is 5.88 Å². The largest absolute Gasteiger partial charge is 0.492 e. The summed E-state index contributed by atoms with van der Waals surface area (Å²) in [6.07, 6.45) is 2.62. The van der Waals surface area contributed by atoms with E-state index in [4.69, 9.17) is 9.84 Å². The standard InChI is InChI=1S/C8H12N2O2/c1-10-4-7(11)9-8(10)6-2-3-12-5-6/h4,6,11H,2-3,5H2,1H3. The van der Waals surface area contributed by atoms with Crippen LogP contribution in [-0.2, 0) is 11.8 Å². The van der Waals surface area contributed by atoms with E-state index >= 15 is 0 Å². The summed E-state index contributed by atoms with van der Waals surface area (Å²) in [4.78, 5) is 4.03. The van der Waals surface area contributed by atoms with Gasteiger partial charge in [0.1, 0.15) is 5.82 Å². The van der Waals surface area contributed by atoms with Crippen molar-refractivity contribution in [2.24, 2.45) is 7.05 Å². The highest BCUT2D eigenvalue weighted by Crippen LogP contribution is 2.25. The lowest BCUT2D eigenvalue weighted by atomic mass is 10.1. The molecule has 4 heteroatoms. The molecule has 2 heterocycles. The normalized spacial score (nSPS) is 23.2. The number of imidazole rings is 1. The topological polar surface area (TPSA) is 47.3 Å². The van der Waals surface area contributed by atoms with E-state index in [2.05, 4.69) is 4.98 Å². The van der Waals surface area contributed by atoms with Crippen LogP contribution in [0.15, 0.2) is 6.20 Å². The van der Waals surface area contributed by atoms with Gasteiger partial charge in [-0.05, 0) is 6.42 Å². The van der Waals surface area contributed by atoms with E-state index in [9.17, 15) is 0 Å². The lowest BCUT2D eigenvalue weighted by Gasteiger charge is -2.05. The van der Waals surface area contributed by atoms with E-state index in [0.717, 1.165) is 25.5 Å². The Hall–Kier alpha value is -1.03. The van der Waals surface area contributed by atoms with E-state index in [1.54, 1.807) is 6.20 Å². The number of ether oxygens (including phenoxy) is 1. The molecule has 0 radical (unpaired) electrons. The van der Waals surface area contributed by atoms with E-state index < -0.39 is 0 Å². The van der Waals surface area contributed by atoms with Crippen molar-refractivity contribution in [3.05, 3.63) is 12.0 Å². The average molecular weight is 168 g/mol. The average Bonchev–Trinajstić information content (AvgIpc) is 2.58. The molecule has 1 unspecified atom stereocenters. The van der Waals surface area contributed by atoms with Gasteiger partial charge in [0.2, 0.25) is 5.88 Å². The fraction of sp³-hybridized carbons (Fsp3) is 0.625. The zero-order chi connectivity index (χ0) is 8.55. The van der Waals surface area contributed by atoms with Gasteiger partial charge < -0.3 is 14.4 Å². The molecule has 0 spiro atoms. The first-order chi connectivity index (χ1) is 5.77. The maximum Gasteiger partial charge on any atom is 0.229 e. The number of aromatic hydroxyl groups is 1. The molecule has 1 aromatic heterocycles. The molecule has 1 aliphatic heterocycles. The van der Waals surface area contributed by atoms with Crippen LogP contribution in [0.25, 0.3) is 0 Å². The molecule has 4 nitrogen and oxygen atoms in total. The lowest BCUT2D eigenvalue weighted by Crippen LogP contribution is -2.05. The summed E-state index contributed by atoms with van der Waals surface area (Å²) in [6.45, 7) is 1.53. The van der Waals surface area contributed by atoms with Gasteiger partial charge in [-0.15, -0.1) is 0 Å². The molecule has 0 saturated carbocycles. The summed E-state index contributed by atoms with van der Waals surface area (Å²) in [5.41, 5.74) is 0. The zero-order valence-corrected chi connectivity index (χ0v) is 7.03. The fourth-order valence-electron chi connectivity index (χ4n) is 1.58. The van der Waals surface area contributed by atoms with Crippen molar-refractivity contribution in [2.45, 2.75) is 12.3 Å². The highest BCUT2D eigenvalue weighted by molar-refractivity contribution is 5.11. The number of hydrogen-bond acceptors (Lipinski definition) is 3. The van der Waals surface area contributed by atoms with Gasteiger partial charge in [-0.2, -0.15) is 4.98 Å². The Labute approximate surface area is 70.8 Å². The summed E-state index contributed by atoms with van der Waals surface area (Å²) in [7, 11) is 1.89. The summed E-state index contributed by atoms with van der Waals surface area (Å²) >= 11 is 0. The Morgan fingerprint density at radius 3 is 3.08 bits per heavy atom. The Morgan fingerprint density at radius 1 is 1.75 bits per heavy atom. The smallest absolute Gasteiger partial charge is 0.229 e. The minimum Gasteiger partial charge on any atom is -0.492 e. The molecule has 1 aliphatic rings. The Kier molecular flexibility index (Phi) is 1.77. The molecule has 0 amide bonds. The fourth-order valence-corrected chi connectivity index (χ4v) is 1.58.